The van der Waals surface area contributed by atoms with Crippen molar-refractivity contribution in [1.82, 2.24) is 4.90 Å². The molecule has 0 bridgehead atoms. The van der Waals surface area contributed by atoms with E-state index >= 15 is 0 Å². The van der Waals surface area contributed by atoms with Crippen LogP contribution in [0.2, 0.25) is 5.02 Å². The molecule has 0 N–H and O–H groups in total. The number of nitro groups is 1. The van der Waals surface area contributed by atoms with E-state index in [0.717, 1.165) is 5.56 Å². The third-order valence-electron chi connectivity index (χ3n) is 3.65. The number of rotatable bonds is 4. The van der Waals surface area contributed by atoms with Gasteiger partial charge in [-0.25, -0.2) is 0 Å². The van der Waals surface area contributed by atoms with E-state index in [2.05, 4.69) is 4.99 Å². The second-order valence-electron chi connectivity index (χ2n) is 5.32. The Morgan fingerprint density at radius 1 is 1.28 bits per heavy atom. The Kier molecular flexibility index (Phi) is 5.35. The number of halogens is 1. The van der Waals surface area contributed by atoms with E-state index in [1.54, 1.807) is 0 Å². The fourth-order valence-electron chi connectivity index (χ4n) is 2.40. The van der Waals surface area contributed by atoms with Crippen molar-refractivity contribution in [3.63, 3.8) is 0 Å². The van der Waals surface area contributed by atoms with Crippen molar-refractivity contribution in [2.45, 2.75) is 5.75 Å². The Labute approximate surface area is 153 Å². The van der Waals surface area contributed by atoms with Crippen molar-refractivity contribution in [2.24, 2.45) is 4.99 Å². The predicted molar refractivity (Wildman–Crippen MR) is 99.2 cm³/mol. The van der Waals surface area contributed by atoms with Crippen LogP contribution < -0.4 is 0 Å². The lowest BCUT2D eigenvalue weighted by molar-refractivity contribution is -0.384. The zero-order valence-electron chi connectivity index (χ0n) is 13.1. The van der Waals surface area contributed by atoms with Crippen LogP contribution in [0.25, 0.3) is 0 Å². The summed E-state index contributed by atoms with van der Waals surface area (Å²) < 4.78 is 0. The third-order valence-corrected chi connectivity index (χ3v) is 5.06. The standard InChI is InChI=1S/C17H14ClN3O3S/c18-15-7-6-13(21(23)24)10-14(15)16(22)20-9-8-19-17(20)25-11-12-4-2-1-3-5-12/h1-7,10H,8-9,11H2. The molecular formula is C17H14ClN3O3S. The highest BCUT2D eigenvalue weighted by Crippen LogP contribution is 2.26. The number of hydrogen-bond acceptors (Lipinski definition) is 5. The van der Waals surface area contributed by atoms with Gasteiger partial charge in [0.05, 0.1) is 22.1 Å². The molecule has 1 heterocycles. The van der Waals surface area contributed by atoms with Gasteiger partial charge in [-0.05, 0) is 11.6 Å². The van der Waals surface area contributed by atoms with E-state index in [1.807, 2.05) is 30.3 Å². The number of non-ortho nitro benzene ring substituents is 1. The van der Waals surface area contributed by atoms with Crippen LogP contribution >= 0.6 is 23.4 Å². The van der Waals surface area contributed by atoms with Gasteiger partial charge in [0, 0.05) is 24.4 Å². The SMILES string of the molecule is O=C(c1cc([N+](=O)[O-])ccc1Cl)N1CCN=C1SCc1ccccc1. The van der Waals surface area contributed by atoms with Crippen molar-refractivity contribution in [2.75, 3.05) is 13.1 Å². The molecular weight excluding hydrogens is 362 g/mol. The first kappa shape index (κ1) is 17.4. The highest BCUT2D eigenvalue weighted by atomic mass is 35.5. The highest BCUT2D eigenvalue weighted by Gasteiger charge is 2.27. The fourth-order valence-corrected chi connectivity index (χ4v) is 3.60. The van der Waals surface area contributed by atoms with Gasteiger partial charge in [0.2, 0.25) is 0 Å². The summed E-state index contributed by atoms with van der Waals surface area (Å²) >= 11 is 7.54. The van der Waals surface area contributed by atoms with Gasteiger partial charge in [-0.15, -0.1) is 0 Å². The summed E-state index contributed by atoms with van der Waals surface area (Å²) in [6.45, 7) is 0.949. The molecule has 0 fully saturated rings. The van der Waals surface area contributed by atoms with E-state index in [-0.39, 0.29) is 22.2 Å². The minimum absolute atomic E-state index is 0.116. The van der Waals surface area contributed by atoms with Gasteiger partial charge >= 0.3 is 0 Å². The molecule has 2 aromatic carbocycles. The van der Waals surface area contributed by atoms with Crippen molar-refractivity contribution >= 4 is 40.1 Å². The van der Waals surface area contributed by atoms with Gasteiger partial charge in [0.25, 0.3) is 11.6 Å². The Hall–Kier alpha value is -2.38. The molecule has 25 heavy (non-hydrogen) atoms. The van der Waals surface area contributed by atoms with E-state index in [1.165, 1.54) is 34.9 Å². The topological polar surface area (TPSA) is 75.8 Å². The summed E-state index contributed by atoms with van der Waals surface area (Å²) in [6, 6.07) is 13.7. The summed E-state index contributed by atoms with van der Waals surface area (Å²) in [4.78, 5) is 29.1. The number of carbonyl (C=O) groups is 1. The molecule has 0 unspecified atom stereocenters. The number of nitro benzene ring substituents is 1. The number of aliphatic imine (C=N–C) groups is 1. The zero-order valence-corrected chi connectivity index (χ0v) is 14.7. The lowest BCUT2D eigenvalue weighted by atomic mass is 10.2. The van der Waals surface area contributed by atoms with Crippen LogP contribution in [0.3, 0.4) is 0 Å². The molecule has 1 aliphatic rings. The maximum atomic E-state index is 12.8. The first-order chi connectivity index (χ1) is 12.1. The first-order valence-electron chi connectivity index (χ1n) is 7.53. The van der Waals surface area contributed by atoms with Crippen LogP contribution in [-0.2, 0) is 5.75 Å². The summed E-state index contributed by atoms with van der Waals surface area (Å²) in [7, 11) is 0. The average Bonchev–Trinajstić information content (AvgIpc) is 3.09. The number of nitrogens with zero attached hydrogens (tertiary/aromatic N) is 3. The zero-order chi connectivity index (χ0) is 17.8. The van der Waals surface area contributed by atoms with Crippen molar-refractivity contribution in [3.8, 4) is 0 Å². The summed E-state index contributed by atoms with van der Waals surface area (Å²) in [5.41, 5.74) is 1.08. The quantitative estimate of drug-likeness (QED) is 0.598. The predicted octanol–water partition coefficient (Wildman–Crippen LogP) is 3.99. The molecule has 0 aromatic heterocycles. The molecule has 1 amide bonds. The number of carbonyl (C=O) groups excluding carboxylic acids is 1. The Bertz CT molecular complexity index is 842. The fraction of sp³-hybridized carbons (Fsp3) is 0.176. The Balaban J connectivity index is 1.76. The van der Waals surface area contributed by atoms with Crippen molar-refractivity contribution in [1.29, 1.82) is 0 Å². The Morgan fingerprint density at radius 2 is 2.04 bits per heavy atom. The second kappa shape index (κ2) is 7.67. The minimum Gasteiger partial charge on any atom is -0.286 e. The maximum Gasteiger partial charge on any atom is 0.270 e. The molecule has 0 aliphatic carbocycles. The molecule has 1 aliphatic heterocycles. The largest absolute Gasteiger partial charge is 0.286 e. The number of amides is 1. The molecule has 0 radical (unpaired) electrons. The molecule has 2 aromatic rings. The van der Waals surface area contributed by atoms with Gasteiger partial charge < -0.3 is 0 Å². The molecule has 0 saturated carbocycles. The summed E-state index contributed by atoms with van der Waals surface area (Å²) in [5, 5.41) is 11.7. The normalized spacial score (nSPS) is 13.6. The average molecular weight is 376 g/mol. The van der Waals surface area contributed by atoms with Crippen LogP contribution in [0.5, 0.6) is 0 Å². The van der Waals surface area contributed by atoms with Gasteiger partial charge in [-0.2, -0.15) is 0 Å². The summed E-state index contributed by atoms with van der Waals surface area (Å²) in [6.07, 6.45) is 0. The van der Waals surface area contributed by atoms with Crippen molar-refractivity contribution in [3.05, 3.63) is 74.8 Å². The first-order valence-corrected chi connectivity index (χ1v) is 8.89. The van der Waals surface area contributed by atoms with Gasteiger partial charge in [-0.3, -0.25) is 24.8 Å². The monoisotopic (exact) mass is 375 g/mol. The van der Waals surface area contributed by atoms with Crippen molar-refractivity contribution < 1.29 is 9.72 Å². The van der Waals surface area contributed by atoms with Crippen LogP contribution in [0.1, 0.15) is 15.9 Å². The second-order valence-corrected chi connectivity index (χ2v) is 6.67. The smallest absolute Gasteiger partial charge is 0.270 e. The Morgan fingerprint density at radius 3 is 2.76 bits per heavy atom. The number of benzene rings is 2. The molecule has 0 spiro atoms. The van der Waals surface area contributed by atoms with E-state index in [9.17, 15) is 14.9 Å². The molecule has 6 nitrogen and oxygen atoms in total. The number of hydrogen-bond donors (Lipinski definition) is 0. The van der Waals surface area contributed by atoms with Crippen LogP contribution in [-0.4, -0.2) is 34.0 Å². The molecule has 3 rings (SSSR count). The molecule has 0 saturated heterocycles. The summed E-state index contributed by atoms with van der Waals surface area (Å²) in [5.74, 6) is 0.317. The van der Waals surface area contributed by atoms with Crippen LogP contribution in [0.4, 0.5) is 5.69 Å². The van der Waals surface area contributed by atoms with E-state index in [4.69, 9.17) is 11.6 Å². The van der Waals surface area contributed by atoms with Crippen LogP contribution in [0, 0.1) is 10.1 Å². The third kappa shape index (κ3) is 4.00. The van der Waals surface area contributed by atoms with Gasteiger partial charge in [0.15, 0.2) is 5.17 Å². The van der Waals surface area contributed by atoms with Gasteiger partial charge in [0.1, 0.15) is 0 Å². The highest BCUT2D eigenvalue weighted by molar-refractivity contribution is 8.13. The van der Waals surface area contributed by atoms with E-state index in [0.29, 0.717) is 24.0 Å². The number of thioether (sulfide) groups is 1. The van der Waals surface area contributed by atoms with Crippen LogP contribution in [0.15, 0.2) is 53.5 Å². The van der Waals surface area contributed by atoms with Gasteiger partial charge in [-0.1, -0.05) is 53.7 Å². The molecule has 128 valence electrons. The number of amidine groups is 1. The lowest BCUT2D eigenvalue weighted by Gasteiger charge is -2.18. The molecule has 8 heteroatoms. The molecule has 0 atom stereocenters. The minimum atomic E-state index is -0.545. The lowest BCUT2D eigenvalue weighted by Crippen LogP contribution is -2.33. The maximum absolute atomic E-state index is 12.8. The van der Waals surface area contributed by atoms with E-state index < -0.39 is 4.92 Å².